The Bertz CT molecular complexity index is 2080. The Balaban J connectivity index is 1.07. The van der Waals surface area contributed by atoms with Gasteiger partial charge in [-0.3, -0.25) is 14.4 Å². The number of benzene rings is 1. The zero-order chi connectivity index (χ0) is 41.6. The van der Waals surface area contributed by atoms with Crippen LogP contribution in [0.5, 0.6) is 0 Å². The third kappa shape index (κ3) is 10.5. The van der Waals surface area contributed by atoms with Crippen LogP contribution >= 0.6 is 0 Å². The summed E-state index contributed by atoms with van der Waals surface area (Å²) in [6.45, 7) is 8.29. The van der Waals surface area contributed by atoms with Crippen LogP contribution in [0.2, 0.25) is 0 Å². The Morgan fingerprint density at radius 1 is 1.10 bits per heavy atom. The van der Waals surface area contributed by atoms with E-state index in [1.807, 2.05) is 6.92 Å². The second-order valence-electron chi connectivity index (χ2n) is 15.6. The van der Waals surface area contributed by atoms with Gasteiger partial charge < -0.3 is 40.4 Å². The molecule has 5 N–H and O–H groups in total. The standard InChI is InChI=1S/C40H49F2N9O7/c1-5-6-15-57-39(56)48-33(40(2,3)4)38(55)50-20-27(52)17-30(50)36(54)45-19-24-9-11-26(12-10-24)51-21-28(32(49-51)34(41)42)46-35(53)29-22-58-37(47-29)25-13-14-43-31(16-25)44-18-23-7-8-23/h9-14,16,21-23,27,30,33-34,52H,5-8,15,17-20H2,1-4H3,(H,43,44)(H,45,54)(H,46,53)(H,48,56)/t27-,30+,33-/m1/s1. The number of halogens is 2. The van der Waals surface area contributed by atoms with Crippen molar-refractivity contribution in [2.45, 2.75) is 91.0 Å². The molecule has 0 unspecified atom stereocenters. The second kappa shape index (κ2) is 18.1. The van der Waals surface area contributed by atoms with Crippen molar-refractivity contribution in [2.24, 2.45) is 11.3 Å². The topological polar surface area (TPSA) is 206 Å². The van der Waals surface area contributed by atoms with Crippen LogP contribution in [0, 0.1) is 11.3 Å². The smallest absolute Gasteiger partial charge is 0.407 e. The van der Waals surface area contributed by atoms with Gasteiger partial charge in [0, 0.05) is 37.8 Å². The SMILES string of the molecule is CCCCOC(=O)N[C@H](C(=O)N1C[C@H](O)C[C@H]1C(=O)NCc1ccc(-n2cc(NC(=O)c3coc(-c4ccnc(NCC5CC5)c4)n3)c(C(F)F)n2)cc1)C(C)(C)C. The number of aliphatic hydroxyl groups excluding tert-OH is 1. The molecule has 1 saturated carbocycles. The molecule has 4 heterocycles. The lowest BCUT2D eigenvalue weighted by Gasteiger charge is -2.35. The Morgan fingerprint density at radius 2 is 1.86 bits per heavy atom. The number of β-amino-alcohol motifs (C(OH)–C–C–N with tert-alkyl or cyclic N) is 1. The minimum Gasteiger partial charge on any atom is -0.450 e. The molecule has 6 rings (SSSR count). The fraction of sp³-hybridized carbons (Fsp3) is 0.475. The predicted octanol–water partition coefficient (Wildman–Crippen LogP) is 5.45. The summed E-state index contributed by atoms with van der Waals surface area (Å²) in [7, 11) is 0. The highest BCUT2D eigenvalue weighted by Crippen LogP contribution is 2.31. The fourth-order valence-corrected chi connectivity index (χ4v) is 6.37. The van der Waals surface area contributed by atoms with Crippen molar-refractivity contribution < 1.29 is 42.2 Å². The lowest BCUT2D eigenvalue weighted by Crippen LogP contribution is -2.57. The minimum atomic E-state index is -3.01. The fourth-order valence-electron chi connectivity index (χ4n) is 6.37. The predicted molar refractivity (Wildman–Crippen MR) is 208 cm³/mol. The summed E-state index contributed by atoms with van der Waals surface area (Å²) in [4.78, 5) is 62.6. The van der Waals surface area contributed by atoms with E-state index >= 15 is 0 Å². The zero-order valence-corrected chi connectivity index (χ0v) is 32.8. The highest BCUT2D eigenvalue weighted by molar-refractivity contribution is 6.03. The normalized spacial score (nSPS) is 17.2. The summed E-state index contributed by atoms with van der Waals surface area (Å²) in [5.41, 5.74) is -0.0789. The van der Waals surface area contributed by atoms with E-state index in [1.54, 1.807) is 63.4 Å². The third-order valence-corrected chi connectivity index (χ3v) is 9.85. The summed E-state index contributed by atoms with van der Waals surface area (Å²) in [5, 5.41) is 25.7. The molecule has 0 bridgehead atoms. The number of aliphatic hydroxyl groups is 1. The van der Waals surface area contributed by atoms with E-state index in [0.717, 1.165) is 19.2 Å². The van der Waals surface area contributed by atoms with Gasteiger partial charge in [-0.25, -0.2) is 28.2 Å². The van der Waals surface area contributed by atoms with Crippen molar-refractivity contribution in [2.75, 3.05) is 30.3 Å². The maximum atomic E-state index is 14.1. The number of rotatable bonds is 16. The minimum absolute atomic E-state index is 0.0143. The molecule has 0 radical (unpaired) electrons. The van der Waals surface area contributed by atoms with E-state index in [4.69, 9.17) is 9.15 Å². The van der Waals surface area contributed by atoms with E-state index in [2.05, 4.69) is 36.3 Å². The zero-order valence-electron chi connectivity index (χ0n) is 32.8. The highest BCUT2D eigenvalue weighted by atomic mass is 19.3. The number of alkyl carbamates (subject to hydrolysis) is 1. The Morgan fingerprint density at radius 3 is 2.55 bits per heavy atom. The van der Waals surface area contributed by atoms with Crippen molar-refractivity contribution >= 4 is 35.3 Å². The van der Waals surface area contributed by atoms with E-state index in [0.29, 0.717) is 35.0 Å². The van der Waals surface area contributed by atoms with Crippen molar-refractivity contribution in [1.29, 1.82) is 0 Å². The number of oxazole rings is 1. The van der Waals surface area contributed by atoms with Gasteiger partial charge in [0.2, 0.25) is 17.7 Å². The monoisotopic (exact) mass is 805 g/mol. The van der Waals surface area contributed by atoms with Crippen molar-refractivity contribution in [3.05, 3.63) is 72.0 Å². The maximum absolute atomic E-state index is 14.1. The number of aromatic nitrogens is 4. The molecule has 3 aromatic heterocycles. The first-order valence-corrected chi connectivity index (χ1v) is 19.3. The van der Waals surface area contributed by atoms with E-state index in [1.165, 1.54) is 28.6 Å². The van der Waals surface area contributed by atoms with Gasteiger partial charge in [-0.1, -0.05) is 46.2 Å². The molecule has 1 saturated heterocycles. The number of pyridine rings is 1. The van der Waals surface area contributed by atoms with E-state index < -0.39 is 59.5 Å². The molecule has 4 aromatic rings. The van der Waals surface area contributed by atoms with Gasteiger partial charge in [0.05, 0.1) is 30.3 Å². The molecule has 2 aliphatic rings. The van der Waals surface area contributed by atoms with Gasteiger partial charge in [-0.2, -0.15) is 5.10 Å². The quantitative estimate of drug-likeness (QED) is 0.0901. The number of carbonyl (C=O) groups excluding carboxylic acids is 4. The first kappa shape index (κ1) is 41.7. The van der Waals surface area contributed by atoms with Crippen LogP contribution in [0.4, 0.5) is 25.1 Å². The Hall–Kier alpha value is -5.91. The summed E-state index contributed by atoms with van der Waals surface area (Å²) < 4.78 is 40.1. The first-order chi connectivity index (χ1) is 27.7. The van der Waals surface area contributed by atoms with Gasteiger partial charge in [-0.05, 0) is 60.4 Å². The van der Waals surface area contributed by atoms with Crippen LogP contribution in [0.25, 0.3) is 17.1 Å². The molecule has 16 nitrogen and oxygen atoms in total. The van der Waals surface area contributed by atoms with Gasteiger partial charge in [-0.15, -0.1) is 0 Å². The Labute approximate surface area is 334 Å². The molecule has 18 heteroatoms. The summed E-state index contributed by atoms with van der Waals surface area (Å²) in [6.07, 6.45) is 3.21. The molecule has 1 aromatic carbocycles. The van der Waals surface area contributed by atoms with Crippen LogP contribution in [0.15, 0.2) is 59.5 Å². The summed E-state index contributed by atoms with van der Waals surface area (Å²) >= 11 is 0. The molecular formula is C40H49F2N9O7. The number of anilines is 2. The van der Waals surface area contributed by atoms with Crippen LogP contribution in [-0.4, -0.2) is 91.5 Å². The summed E-state index contributed by atoms with van der Waals surface area (Å²) in [6, 6.07) is 7.98. The molecule has 2 fully saturated rings. The molecule has 3 atom stereocenters. The number of carbonyl (C=O) groups is 4. The molecule has 1 aliphatic carbocycles. The largest absolute Gasteiger partial charge is 0.450 e. The molecule has 1 aliphatic heterocycles. The molecule has 0 spiro atoms. The van der Waals surface area contributed by atoms with Crippen LogP contribution in [-0.2, 0) is 20.9 Å². The highest BCUT2D eigenvalue weighted by Gasteiger charge is 2.44. The van der Waals surface area contributed by atoms with Gasteiger partial charge >= 0.3 is 6.09 Å². The second-order valence-corrected chi connectivity index (χ2v) is 15.6. The van der Waals surface area contributed by atoms with Crippen molar-refractivity contribution in [3.8, 4) is 17.1 Å². The van der Waals surface area contributed by atoms with Gasteiger partial charge in [0.15, 0.2) is 11.4 Å². The molecular weight excluding hydrogens is 756 g/mol. The number of amides is 4. The van der Waals surface area contributed by atoms with Crippen molar-refractivity contribution in [3.63, 3.8) is 0 Å². The van der Waals surface area contributed by atoms with Crippen LogP contribution < -0.4 is 21.3 Å². The lowest BCUT2D eigenvalue weighted by atomic mass is 9.85. The van der Waals surface area contributed by atoms with Crippen molar-refractivity contribution in [1.82, 2.24) is 35.3 Å². The molecule has 4 amide bonds. The van der Waals surface area contributed by atoms with Crippen LogP contribution in [0.3, 0.4) is 0 Å². The van der Waals surface area contributed by atoms with E-state index in [-0.39, 0.29) is 43.4 Å². The first-order valence-electron chi connectivity index (χ1n) is 19.3. The van der Waals surface area contributed by atoms with Crippen LogP contribution in [0.1, 0.15) is 88.0 Å². The number of likely N-dealkylation sites (tertiary alicyclic amines) is 1. The molecule has 58 heavy (non-hydrogen) atoms. The summed E-state index contributed by atoms with van der Waals surface area (Å²) in [5.74, 6) is -0.324. The number of hydrogen-bond acceptors (Lipinski definition) is 11. The Kier molecular flexibility index (Phi) is 13.0. The number of unbranched alkanes of at least 4 members (excludes halogenated alkanes) is 1. The maximum Gasteiger partial charge on any atom is 0.407 e. The van der Waals surface area contributed by atoms with E-state index in [9.17, 15) is 33.1 Å². The lowest BCUT2D eigenvalue weighted by molar-refractivity contribution is -0.142. The number of nitrogens with zero attached hydrogens (tertiary/aromatic N) is 5. The number of ether oxygens (including phenoxy) is 1. The average molecular weight is 806 g/mol. The van der Waals surface area contributed by atoms with Gasteiger partial charge in [0.25, 0.3) is 12.3 Å². The number of nitrogens with one attached hydrogen (secondary N) is 4. The average Bonchev–Trinajstić information content (AvgIpc) is 3.52. The van der Waals surface area contributed by atoms with Gasteiger partial charge in [0.1, 0.15) is 24.2 Å². The molecule has 310 valence electrons. The third-order valence-electron chi connectivity index (χ3n) is 9.85. The number of hydrogen-bond donors (Lipinski definition) is 5. The number of alkyl halides is 2.